The third-order valence-corrected chi connectivity index (χ3v) is 4.18. The molecule has 1 aliphatic rings. The third kappa shape index (κ3) is 3.76. The highest BCUT2D eigenvalue weighted by Crippen LogP contribution is 2.36. The van der Waals surface area contributed by atoms with Crippen molar-refractivity contribution in [2.75, 3.05) is 32.5 Å². The largest absolute Gasteiger partial charge is 0.496 e. The molecule has 1 fully saturated rings. The van der Waals surface area contributed by atoms with E-state index in [1.54, 1.807) is 0 Å². The second kappa shape index (κ2) is 5.95. The number of hydrogen-bond acceptors (Lipinski definition) is 5. The Morgan fingerprint density at radius 2 is 1.76 bits per heavy atom. The summed E-state index contributed by atoms with van der Waals surface area (Å²) < 4.78 is 12.0. The van der Waals surface area contributed by atoms with E-state index < -0.39 is 0 Å². The standard InChI is InChI=1S/C15H26BN3O2/c1-14(2)15(3,4)21-16(20-14)12-7-8-13(18-11-12)17-9-10-19(5)6/h7-8,11H,9-10H2,1-6H3,(H,17,18). The van der Waals surface area contributed by atoms with E-state index in [1.165, 1.54) is 0 Å². The SMILES string of the molecule is CN(C)CCNc1ccc(B2OC(C)(C)C(C)(C)O2)cn1. The van der Waals surface area contributed by atoms with Gasteiger partial charge in [-0.3, -0.25) is 0 Å². The zero-order chi connectivity index (χ0) is 15.7. The Bertz CT molecular complexity index is 458. The smallest absolute Gasteiger partial charge is 0.399 e. The molecule has 1 saturated heterocycles. The number of rotatable bonds is 5. The van der Waals surface area contributed by atoms with Gasteiger partial charge in [-0.15, -0.1) is 0 Å². The Morgan fingerprint density at radius 3 is 2.24 bits per heavy atom. The number of aromatic nitrogens is 1. The van der Waals surface area contributed by atoms with E-state index in [-0.39, 0.29) is 18.3 Å². The van der Waals surface area contributed by atoms with Crippen LogP contribution in [0.1, 0.15) is 27.7 Å². The Hall–Kier alpha value is -1.11. The first-order valence-corrected chi connectivity index (χ1v) is 7.41. The summed E-state index contributed by atoms with van der Waals surface area (Å²) in [6.07, 6.45) is 1.82. The first kappa shape index (κ1) is 16.3. The van der Waals surface area contributed by atoms with Crippen molar-refractivity contribution in [2.24, 2.45) is 0 Å². The lowest BCUT2D eigenvalue weighted by atomic mass is 9.80. The third-order valence-electron chi connectivity index (χ3n) is 4.18. The molecule has 0 aliphatic carbocycles. The maximum absolute atomic E-state index is 6.01. The highest BCUT2D eigenvalue weighted by Gasteiger charge is 2.51. The summed E-state index contributed by atoms with van der Waals surface area (Å²) in [5.74, 6) is 0.872. The number of hydrogen-bond donors (Lipinski definition) is 1. The van der Waals surface area contributed by atoms with Gasteiger partial charge in [0.25, 0.3) is 0 Å². The van der Waals surface area contributed by atoms with Crippen molar-refractivity contribution < 1.29 is 9.31 Å². The van der Waals surface area contributed by atoms with E-state index in [0.29, 0.717) is 0 Å². The van der Waals surface area contributed by atoms with Gasteiger partial charge in [-0.2, -0.15) is 0 Å². The number of nitrogens with one attached hydrogen (secondary N) is 1. The Labute approximate surface area is 128 Å². The normalized spacial score (nSPS) is 20.0. The second-order valence-electron chi connectivity index (χ2n) is 6.80. The minimum absolute atomic E-state index is 0.319. The fourth-order valence-corrected chi connectivity index (χ4v) is 2.04. The van der Waals surface area contributed by atoms with Gasteiger partial charge in [0.05, 0.1) is 11.2 Å². The zero-order valence-electron chi connectivity index (χ0n) is 13.9. The van der Waals surface area contributed by atoms with Gasteiger partial charge in [0.1, 0.15) is 5.82 Å². The molecule has 2 heterocycles. The molecule has 0 bridgehead atoms. The van der Waals surface area contributed by atoms with Crippen LogP contribution in [0.4, 0.5) is 5.82 Å². The minimum Gasteiger partial charge on any atom is -0.399 e. The average Bonchev–Trinajstić information content (AvgIpc) is 2.59. The van der Waals surface area contributed by atoms with E-state index in [0.717, 1.165) is 24.4 Å². The molecule has 1 N–H and O–H groups in total. The fourth-order valence-electron chi connectivity index (χ4n) is 2.04. The highest BCUT2D eigenvalue weighted by atomic mass is 16.7. The second-order valence-corrected chi connectivity index (χ2v) is 6.80. The number of likely N-dealkylation sites (N-methyl/N-ethyl adjacent to an activating group) is 1. The molecular weight excluding hydrogens is 265 g/mol. The van der Waals surface area contributed by atoms with E-state index in [4.69, 9.17) is 9.31 Å². The van der Waals surface area contributed by atoms with Crippen molar-refractivity contribution in [1.29, 1.82) is 0 Å². The molecule has 5 nitrogen and oxygen atoms in total. The van der Waals surface area contributed by atoms with Crippen LogP contribution in [-0.2, 0) is 9.31 Å². The summed E-state index contributed by atoms with van der Waals surface area (Å²) in [6.45, 7) is 10.1. The van der Waals surface area contributed by atoms with Gasteiger partial charge in [-0.05, 0) is 47.9 Å². The van der Waals surface area contributed by atoms with Crippen molar-refractivity contribution >= 4 is 18.4 Å². The topological polar surface area (TPSA) is 46.6 Å². The monoisotopic (exact) mass is 291 g/mol. The lowest BCUT2D eigenvalue weighted by Gasteiger charge is -2.32. The van der Waals surface area contributed by atoms with Crippen LogP contribution in [0.15, 0.2) is 18.3 Å². The number of pyridine rings is 1. The quantitative estimate of drug-likeness (QED) is 0.830. The molecule has 1 aromatic rings. The van der Waals surface area contributed by atoms with E-state index in [9.17, 15) is 0 Å². The molecule has 21 heavy (non-hydrogen) atoms. The Morgan fingerprint density at radius 1 is 1.14 bits per heavy atom. The lowest BCUT2D eigenvalue weighted by molar-refractivity contribution is 0.00578. The molecule has 0 unspecified atom stereocenters. The number of anilines is 1. The predicted molar refractivity (Wildman–Crippen MR) is 87.0 cm³/mol. The Balaban J connectivity index is 1.97. The van der Waals surface area contributed by atoms with Gasteiger partial charge >= 0.3 is 7.12 Å². The van der Waals surface area contributed by atoms with Gasteiger partial charge in [-0.25, -0.2) is 4.98 Å². The summed E-state index contributed by atoms with van der Waals surface area (Å²) in [6, 6.07) is 3.98. The van der Waals surface area contributed by atoms with Gasteiger partial charge in [0.2, 0.25) is 0 Å². The molecule has 6 heteroatoms. The van der Waals surface area contributed by atoms with Gasteiger partial charge in [0.15, 0.2) is 0 Å². The van der Waals surface area contributed by atoms with Gasteiger partial charge < -0.3 is 19.5 Å². The highest BCUT2D eigenvalue weighted by molar-refractivity contribution is 6.62. The zero-order valence-corrected chi connectivity index (χ0v) is 13.9. The first-order valence-electron chi connectivity index (χ1n) is 7.41. The summed E-state index contributed by atoms with van der Waals surface area (Å²) in [5.41, 5.74) is 0.312. The van der Waals surface area contributed by atoms with Crippen LogP contribution in [0.3, 0.4) is 0 Å². The maximum atomic E-state index is 6.01. The lowest BCUT2D eigenvalue weighted by Crippen LogP contribution is -2.41. The molecule has 0 aromatic carbocycles. The predicted octanol–water partition coefficient (Wildman–Crippen LogP) is 1.35. The van der Waals surface area contributed by atoms with Crippen LogP contribution in [0, 0.1) is 0 Å². The molecule has 0 amide bonds. The van der Waals surface area contributed by atoms with E-state index in [2.05, 4.69) is 57.0 Å². The maximum Gasteiger partial charge on any atom is 0.496 e. The van der Waals surface area contributed by atoms with Crippen molar-refractivity contribution in [1.82, 2.24) is 9.88 Å². The van der Waals surface area contributed by atoms with E-state index in [1.807, 2.05) is 18.3 Å². The fraction of sp³-hybridized carbons (Fsp3) is 0.667. The van der Waals surface area contributed by atoms with Crippen LogP contribution in [-0.4, -0.2) is 55.4 Å². The first-order chi connectivity index (χ1) is 9.71. The minimum atomic E-state index is -0.349. The van der Waals surface area contributed by atoms with Crippen molar-refractivity contribution in [3.63, 3.8) is 0 Å². The summed E-state index contributed by atoms with van der Waals surface area (Å²) in [5, 5.41) is 3.29. The van der Waals surface area contributed by atoms with Crippen LogP contribution in [0.5, 0.6) is 0 Å². The molecule has 1 aromatic heterocycles. The summed E-state index contributed by atoms with van der Waals surface area (Å²) >= 11 is 0. The molecule has 0 radical (unpaired) electrons. The van der Waals surface area contributed by atoms with Crippen LogP contribution >= 0.6 is 0 Å². The van der Waals surface area contributed by atoms with Gasteiger partial charge in [0, 0.05) is 24.7 Å². The van der Waals surface area contributed by atoms with Gasteiger partial charge in [-0.1, -0.05) is 6.07 Å². The molecule has 116 valence electrons. The number of nitrogens with zero attached hydrogens (tertiary/aromatic N) is 2. The van der Waals surface area contributed by atoms with Crippen LogP contribution in [0.2, 0.25) is 0 Å². The molecule has 1 aliphatic heterocycles. The molecule has 2 rings (SSSR count). The average molecular weight is 291 g/mol. The molecule has 0 saturated carbocycles. The van der Waals surface area contributed by atoms with Crippen LogP contribution in [0.25, 0.3) is 0 Å². The molecule has 0 atom stereocenters. The Kier molecular flexibility index (Phi) is 4.61. The summed E-state index contributed by atoms with van der Waals surface area (Å²) in [7, 11) is 3.76. The van der Waals surface area contributed by atoms with E-state index >= 15 is 0 Å². The van der Waals surface area contributed by atoms with Crippen LogP contribution < -0.4 is 10.8 Å². The molecular formula is C15H26BN3O2. The summed E-state index contributed by atoms with van der Waals surface area (Å²) in [4.78, 5) is 6.56. The van der Waals surface area contributed by atoms with Crippen molar-refractivity contribution in [2.45, 2.75) is 38.9 Å². The van der Waals surface area contributed by atoms with Crippen molar-refractivity contribution in [3.05, 3.63) is 18.3 Å². The van der Waals surface area contributed by atoms with Crippen molar-refractivity contribution in [3.8, 4) is 0 Å². The molecule has 0 spiro atoms.